The molecular weight excluding hydrogens is 553 g/mol. The van der Waals surface area contributed by atoms with Crippen LogP contribution in [0, 0.1) is 12.7 Å². The normalized spacial score (nSPS) is 14.7. The van der Waals surface area contributed by atoms with Crippen LogP contribution in [0.15, 0.2) is 52.9 Å². The monoisotopic (exact) mass is 589 g/mol. The summed E-state index contributed by atoms with van der Waals surface area (Å²) in [6.07, 6.45) is -0.997. The third-order valence-corrected chi connectivity index (χ3v) is 7.01. The molecule has 1 aromatic heterocycles. The van der Waals surface area contributed by atoms with Crippen LogP contribution in [0.25, 0.3) is 22.2 Å². The summed E-state index contributed by atoms with van der Waals surface area (Å²) in [5.41, 5.74) is 3.85. The zero-order valence-electron chi connectivity index (χ0n) is 25.2. The Morgan fingerprint density at radius 3 is 2.60 bits per heavy atom. The lowest BCUT2D eigenvalue weighted by molar-refractivity contribution is -0.142. The number of para-hydroxylation sites is 1. The largest absolute Gasteiger partial charge is 0.481 e. The van der Waals surface area contributed by atoms with Gasteiger partial charge in [-0.15, -0.1) is 0 Å². The van der Waals surface area contributed by atoms with Crippen molar-refractivity contribution in [3.8, 4) is 16.9 Å². The van der Waals surface area contributed by atoms with Gasteiger partial charge >= 0.3 is 12.1 Å². The number of hydrogen-bond acceptors (Lipinski definition) is 8. The number of carbonyl (C=O) groups excluding carboxylic acids is 2. The van der Waals surface area contributed by atoms with E-state index in [1.165, 1.54) is 0 Å². The highest BCUT2D eigenvalue weighted by molar-refractivity contribution is 5.92. The molecule has 10 heteroatoms. The molecule has 0 spiro atoms. The van der Waals surface area contributed by atoms with Crippen molar-refractivity contribution < 1.29 is 32.6 Å². The van der Waals surface area contributed by atoms with Gasteiger partial charge in [-0.25, -0.2) is 14.2 Å². The molecule has 1 N–H and O–H groups in total. The first-order chi connectivity index (χ1) is 20.4. The molecule has 0 bridgehead atoms. The molecule has 1 unspecified atom stereocenters. The Kier molecular flexibility index (Phi) is 8.30. The second-order valence-corrected chi connectivity index (χ2v) is 11.5. The lowest BCUT2D eigenvalue weighted by atomic mass is 9.96. The van der Waals surface area contributed by atoms with E-state index in [0.717, 1.165) is 16.8 Å². The van der Waals surface area contributed by atoms with Crippen molar-refractivity contribution in [1.82, 2.24) is 10.3 Å². The summed E-state index contributed by atoms with van der Waals surface area (Å²) in [5.74, 6) is 0.231. The van der Waals surface area contributed by atoms with E-state index in [9.17, 15) is 9.59 Å². The van der Waals surface area contributed by atoms with E-state index in [4.69, 9.17) is 18.6 Å². The van der Waals surface area contributed by atoms with Gasteiger partial charge in [0.25, 0.3) is 0 Å². The number of halogens is 1. The number of fused-ring (bicyclic) bond motifs is 2. The van der Waals surface area contributed by atoms with Gasteiger partial charge in [0.05, 0.1) is 25.3 Å². The van der Waals surface area contributed by atoms with Gasteiger partial charge in [-0.1, -0.05) is 30.3 Å². The molecule has 1 amide bonds. The first-order valence-electron chi connectivity index (χ1n) is 14.2. The number of ether oxygens (including phenoxy) is 3. The average Bonchev–Trinajstić information content (AvgIpc) is 3.32. The fourth-order valence-corrected chi connectivity index (χ4v) is 5.17. The van der Waals surface area contributed by atoms with Crippen molar-refractivity contribution >= 4 is 28.8 Å². The van der Waals surface area contributed by atoms with Crippen molar-refractivity contribution in [2.45, 2.75) is 59.3 Å². The second kappa shape index (κ2) is 11.9. The molecule has 226 valence electrons. The second-order valence-electron chi connectivity index (χ2n) is 11.5. The molecule has 43 heavy (non-hydrogen) atoms. The molecule has 9 nitrogen and oxygen atoms in total. The predicted octanol–water partition coefficient (Wildman–Crippen LogP) is 6.64. The summed E-state index contributed by atoms with van der Waals surface area (Å²) in [6, 6.07) is 14.4. The number of oxazole rings is 1. The number of esters is 1. The van der Waals surface area contributed by atoms with E-state index in [-0.39, 0.29) is 18.9 Å². The van der Waals surface area contributed by atoms with Gasteiger partial charge in [0.1, 0.15) is 28.8 Å². The van der Waals surface area contributed by atoms with E-state index >= 15 is 4.39 Å². The lowest BCUT2D eigenvalue weighted by Crippen LogP contribution is -2.32. The smallest absolute Gasteiger partial charge is 0.407 e. The van der Waals surface area contributed by atoms with Gasteiger partial charge in [0, 0.05) is 42.8 Å². The Bertz CT molecular complexity index is 1680. The van der Waals surface area contributed by atoms with Crippen molar-refractivity contribution in [3.63, 3.8) is 0 Å². The molecular formula is C33H36FN3O6. The van der Waals surface area contributed by atoms with Gasteiger partial charge in [-0.2, -0.15) is 0 Å². The molecule has 2 heterocycles. The van der Waals surface area contributed by atoms with Crippen LogP contribution in [0.3, 0.4) is 0 Å². The summed E-state index contributed by atoms with van der Waals surface area (Å²) in [6.45, 7) is 9.56. The Balaban J connectivity index is 1.51. The topological polar surface area (TPSA) is 103 Å². The number of hydrogen-bond donors (Lipinski definition) is 1. The van der Waals surface area contributed by atoms with Crippen molar-refractivity contribution in [3.05, 3.63) is 76.9 Å². The first kappa shape index (κ1) is 29.9. The highest BCUT2D eigenvalue weighted by Gasteiger charge is 2.29. The first-order valence-corrected chi connectivity index (χ1v) is 14.2. The fraction of sp³-hybridized carbons (Fsp3) is 0.364. The predicted molar refractivity (Wildman–Crippen MR) is 161 cm³/mol. The summed E-state index contributed by atoms with van der Waals surface area (Å²) in [4.78, 5) is 31.1. The van der Waals surface area contributed by atoms with Crippen LogP contribution in [-0.4, -0.2) is 42.8 Å². The molecule has 0 saturated carbocycles. The third-order valence-electron chi connectivity index (χ3n) is 7.01. The van der Waals surface area contributed by atoms with E-state index in [1.54, 1.807) is 52.8 Å². The number of aryl methyl sites for hydroxylation is 1. The zero-order chi connectivity index (χ0) is 30.9. The number of rotatable bonds is 7. The number of alkyl carbamates (subject to hydrolysis) is 1. The number of nitrogens with one attached hydrogen (secondary N) is 1. The molecule has 1 aliphatic heterocycles. The Morgan fingerprint density at radius 1 is 1.12 bits per heavy atom. The molecule has 0 aliphatic carbocycles. The molecule has 1 atom stereocenters. The summed E-state index contributed by atoms with van der Waals surface area (Å²) in [7, 11) is 1.96. The molecule has 0 saturated heterocycles. The fourth-order valence-electron chi connectivity index (χ4n) is 5.17. The van der Waals surface area contributed by atoms with Crippen molar-refractivity contribution in [1.29, 1.82) is 0 Å². The summed E-state index contributed by atoms with van der Waals surface area (Å²) in [5, 5.41) is 2.63. The maximum absolute atomic E-state index is 16.0. The average molecular weight is 590 g/mol. The minimum Gasteiger partial charge on any atom is -0.481 e. The molecule has 4 aromatic rings. The molecule has 0 fully saturated rings. The number of nitrogens with zero attached hydrogens (tertiary/aromatic N) is 2. The third kappa shape index (κ3) is 6.58. The van der Waals surface area contributed by atoms with Crippen LogP contribution in [0.1, 0.15) is 56.4 Å². The number of likely N-dealkylation sites (N-methyl/N-ethyl adjacent to an activating group) is 1. The quantitative estimate of drug-likeness (QED) is 0.239. The van der Waals surface area contributed by atoms with E-state index < -0.39 is 23.6 Å². The van der Waals surface area contributed by atoms with Crippen LogP contribution in [-0.2, 0) is 27.2 Å². The zero-order valence-corrected chi connectivity index (χ0v) is 25.2. The Hall–Kier alpha value is -4.60. The Morgan fingerprint density at radius 2 is 1.86 bits per heavy atom. The molecule has 1 aliphatic rings. The van der Waals surface area contributed by atoms with Crippen molar-refractivity contribution in [2.24, 2.45) is 0 Å². The minimum atomic E-state index is -0.670. The van der Waals surface area contributed by atoms with Crippen LogP contribution >= 0.6 is 0 Å². The van der Waals surface area contributed by atoms with Crippen LogP contribution in [0.2, 0.25) is 0 Å². The van der Waals surface area contributed by atoms with Crippen LogP contribution in [0.4, 0.5) is 14.9 Å². The van der Waals surface area contributed by atoms with Crippen LogP contribution in [0.5, 0.6) is 5.75 Å². The standard InChI is InChI=1S/C33H36FN3O6/c1-7-40-28(38)16-20-10-9-13-25-31(20)42-27(18-37(25)6)22-14-24(30-26(15-22)41-19(2)36-30)23-12-8-11-21(29(23)34)17-35-32(39)43-33(3,4)5/h8-15,27H,7,16-18H2,1-6H3,(H,35,39). The van der Waals surface area contributed by atoms with Gasteiger partial charge < -0.3 is 28.8 Å². The maximum Gasteiger partial charge on any atom is 0.407 e. The summed E-state index contributed by atoms with van der Waals surface area (Å²) < 4.78 is 38.9. The molecule has 3 aromatic carbocycles. The number of benzene rings is 3. The van der Waals surface area contributed by atoms with Crippen LogP contribution < -0.4 is 15.0 Å². The molecule has 5 rings (SSSR count). The Labute approximate surface area is 249 Å². The van der Waals surface area contributed by atoms with Gasteiger partial charge in [-0.05, 0) is 51.5 Å². The number of anilines is 1. The number of carbonyl (C=O) groups is 2. The SMILES string of the molecule is CCOC(=O)Cc1cccc2c1OC(c1cc(-c3cccc(CNC(=O)OC(C)(C)C)c3F)c3nc(C)oc3c1)CN2C. The van der Waals surface area contributed by atoms with Gasteiger partial charge in [-0.3, -0.25) is 4.79 Å². The van der Waals surface area contributed by atoms with Crippen molar-refractivity contribution in [2.75, 3.05) is 25.1 Å². The van der Waals surface area contributed by atoms with E-state index in [0.29, 0.717) is 52.6 Å². The summed E-state index contributed by atoms with van der Waals surface area (Å²) >= 11 is 0. The maximum atomic E-state index is 16.0. The van der Waals surface area contributed by atoms with Gasteiger partial charge in [0.15, 0.2) is 11.5 Å². The molecule has 0 radical (unpaired) electrons. The highest BCUT2D eigenvalue weighted by atomic mass is 19.1. The number of amides is 1. The minimum absolute atomic E-state index is 0.0498. The van der Waals surface area contributed by atoms with Gasteiger partial charge in [0.2, 0.25) is 0 Å². The lowest BCUT2D eigenvalue weighted by Gasteiger charge is -2.35. The van der Waals surface area contributed by atoms with E-state index in [1.807, 2.05) is 37.4 Å². The van der Waals surface area contributed by atoms with E-state index in [2.05, 4.69) is 15.2 Å². The number of aromatic nitrogens is 1. The highest BCUT2D eigenvalue weighted by Crippen LogP contribution is 2.42.